The molecule has 0 saturated carbocycles. The van der Waals surface area contributed by atoms with E-state index in [-0.39, 0.29) is 11.5 Å². The Labute approximate surface area is 175 Å². The number of imidazole rings is 1. The van der Waals surface area contributed by atoms with Crippen LogP contribution in [0.4, 0.5) is 0 Å². The number of aromatic nitrogens is 3. The van der Waals surface area contributed by atoms with E-state index in [1.807, 2.05) is 17.6 Å². The maximum Gasteiger partial charge on any atom is 0.243 e. The Balaban J connectivity index is 1.64. The monoisotopic (exact) mass is 434 g/mol. The fourth-order valence-electron chi connectivity index (χ4n) is 3.66. The Kier molecular flexibility index (Phi) is 5.76. The number of fused-ring (bicyclic) bond motifs is 1. The van der Waals surface area contributed by atoms with E-state index in [1.54, 1.807) is 34.8 Å². The van der Waals surface area contributed by atoms with Crippen LogP contribution in [0.15, 0.2) is 41.4 Å². The molecular formula is C20H23ClN4O3S. The fourth-order valence-corrected chi connectivity index (χ4v) is 5.37. The normalized spacial score (nSPS) is 15.7. The molecule has 1 saturated heterocycles. The van der Waals surface area contributed by atoms with Gasteiger partial charge in [-0.25, -0.2) is 18.4 Å². The van der Waals surface area contributed by atoms with E-state index < -0.39 is 10.0 Å². The molecule has 7 nitrogen and oxygen atoms in total. The zero-order valence-corrected chi connectivity index (χ0v) is 17.8. The number of aryl methyl sites for hydroxylation is 1. The molecule has 0 unspecified atom stereocenters. The minimum atomic E-state index is -3.50. The van der Waals surface area contributed by atoms with Gasteiger partial charge < -0.3 is 9.30 Å². The molecule has 0 aliphatic carbocycles. The van der Waals surface area contributed by atoms with Gasteiger partial charge in [0, 0.05) is 25.8 Å². The first-order chi connectivity index (χ1) is 14.0. The van der Waals surface area contributed by atoms with Crippen molar-refractivity contribution in [3.8, 4) is 5.75 Å². The Morgan fingerprint density at radius 2 is 1.97 bits per heavy atom. The van der Waals surface area contributed by atoms with Gasteiger partial charge in [-0.2, -0.15) is 4.31 Å². The summed E-state index contributed by atoms with van der Waals surface area (Å²) in [6.45, 7) is 4.07. The highest BCUT2D eigenvalue weighted by molar-refractivity contribution is 7.89. The molecule has 4 rings (SSSR count). The maximum absolute atomic E-state index is 13.0. The summed E-state index contributed by atoms with van der Waals surface area (Å²) < 4.78 is 35.3. The molecular weight excluding hydrogens is 412 g/mol. The molecule has 3 heterocycles. The standard InChI is InChI=1S/C20H23ClN4O3S/c1-2-25-17-9-8-15(29(26,27)24-11-4-3-5-12-24)13-16(17)23-19(25)14-28-18-7-6-10-22-20(18)21/h6-10,13H,2-5,11-12,14H2,1H3. The van der Waals surface area contributed by atoms with E-state index in [2.05, 4.69) is 9.97 Å². The van der Waals surface area contributed by atoms with Gasteiger partial charge in [0.25, 0.3) is 0 Å². The van der Waals surface area contributed by atoms with Gasteiger partial charge in [0.1, 0.15) is 12.4 Å². The summed E-state index contributed by atoms with van der Waals surface area (Å²) in [5.41, 5.74) is 1.52. The van der Waals surface area contributed by atoms with Crippen LogP contribution in [0.25, 0.3) is 11.0 Å². The molecule has 9 heteroatoms. The van der Waals surface area contributed by atoms with Crippen molar-refractivity contribution in [1.29, 1.82) is 0 Å². The molecule has 1 fully saturated rings. The highest BCUT2D eigenvalue weighted by Gasteiger charge is 2.26. The van der Waals surface area contributed by atoms with Crippen molar-refractivity contribution in [1.82, 2.24) is 18.8 Å². The largest absolute Gasteiger partial charge is 0.482 e. The number of benzene rings is 1. The summed E-state index contributed by atoms with van der Waals surface area (Å²) in [4.78, 5) is 8.93. The molecule has 1 aromatic carbocycles. The number of halogens is 1. The van der Waals surface area contributed by atoms with Crippen LogP contribution in [0.2, 0.25) is 5.15 Å². The number of ether oxygens (including phenoxy) is 1. The van der Waals surface area contributed by atoms with Crippen LogP contribution in [-0.2, 0) is 23.2 Å². The predicted molar refractivity (Wildman–Crippen MR) is 112 cm³/mol. The minimum absolute atomic E-state index is 0.210. The van der Waals surface area contributed by atoms with Crippen molar-refractivity contribution in [2.24, 2.45) is 0 Å². The Morgan fingerprint density at radius 3 is 2.69 bits per heavy atom. The lowest BCUT2D eigenvalue weighted by atomic mass is 10.2. The highest BCUT2D eigenvalue weighted by atomic mass is 35.5. The Hall–Kier alpha value is -2.16. The summed E-state index contributed by atoms with van der Waals surface area (Å²) in [7, 11) is -3.50. The van der Waals surface area contributed by atoms with E-state index >= 15 is 0 Å². The third kappa shape index (κ3) is 3.97. The van der Waals surface area contributed by atoms with Crippen molar-refractivity contribution in [3.63, 3.8) is 0 Å². The molecule has 2 aromatic heterocycles. The van der Waals surface area contributed by atoms with Crippen LogP contribution in [0.5, 0.6) is 5.75 Å². The van der Waals surface area contributed by atoms with Gasteiger partial charge in [0.05, 0.1) is 15.9 Å². The second kappa shape index (κ2) is 8.30. The number of piperidine rings is 1. The summed E-state index contributed by atoms with van der Waals surface area (Å²) in [5.74, 6) is 1.19. The first-order valence-electron chi connectivity index (χ1n) is 9.73. The van der Waals surface area contributed by atoms with Crippen LogP contribution in [-0.4, -0.2) is 40.3 Å². The summed E-state index contributed by atoms with van der Waals surface area (Å²) in [5, 5.41) is 0.293. The van der Waals surface area contributed by atoms with Crippen LogP contribution >= 0.6 is 11.6 Å². The lowest BCUT2D eigenvalue weighted by Gasteiger charge is -2.25. The minimum Gasteiger partial charge on any atom is -0.482 e. The summed E-state index contributed by atoms with van der Waals surface area (Å²) in [6.07, 6.45) is 4.49. The first kappa shape index (κ1) is 20.1. The van der Waals surface area contributed by atoms with Gasteiger partial charge in [-0.05, 0) is 50.1 Å². The average molecular weight is 435 g/mol. The number of rotatable bonds is 6. The Bertz CT molecular complexity index is 1120. The SMILES string of the molecule is CCn1c(COc2cccnc2Cl)nc2cc(S(=O)(=O)N3CCCCC3)ccc21. The highest BCUT2D eigenvalue weighted by Crippen LogP contribution is 2.26. The third-order valence-electron chi connectivity index (χ3n) is 5.15. The van der Waals surface area contributed by atoms with E-state index in [0.29, 0.717) is 41.9 Å². The topological polar surface area (TPSA) is 77.3 Å². The zero-order chi connectivity index (χ0) is 20.4. The van der Waals surface area contributed by atoms with E-state index in [9.17, 15) is 8.42 Å². The number of pyridine rings is 1. The van der Waals surface area contributed by atoms with Gasteiger partial charge in [0.2, 0.25) is 10.0 Å². The van der Waals surface area contributed by atoms with Gasteiger partial charge in [-0.15, -0.1) is 0 Å². The molecule has 0 N–H and O–H groups in total. The van der Waals surface area contributed by atoms with Crippen molar-refractivity contribution < 1.29 is 13.2 Å². The molecule has 0 spiro atoms. The molecule has 0 atom stereocenters. The second-order valence-corrected chi connectivity index (χ2v) is 9.26. The van der Waals surface area contributed by atoms with Gasteiger partial charge in [-0.1, -0.05) is 18.0 Å². The van der Waals surface area contributed by atoms with Crippen molar-refractivity contribution >= 4 is 32.7 Å². The quantitative estimate of drug-likeness (QED) is 0.550. The average Bonchev–Trinajstić information content (AvgIpc) is 3.10. The molecule has 0 bridgehead atoms. The smallest absolute Gasteiger partial charge is 0.243 e. The molecule has 0 amide bonds. The van der Waals surface area contributed by atoms with Crippen LogP contribution in [0.1, 0.15) is 32.0 Å². The van der Waals surface area contributed by atoms with E-state index in [1.165, 1.54) is 0 Å². The fraction of sp³-hybridized carbons (Fsp3) is 0.400. The molecule has 1 aliphatic rings. The van der Waals surface area contributed by atoms with Crippen LogP contribution < -0.4 is 4.74 Å². The zero-order valence-electron chi connectivity index (χ0n) is 16.2. The van der Waals surface area contributed by atoms with Crippen molar-refractivity contribution in [2.75, 3.05) is 13.1 Å². The number of hydrogen-bond acceptors (Lipinski definition) is 5. The lowest BCUT2D eigenvalue weighted by Crippen LogP contribution is -2.35. The summed E-state index contributed by atoms with van der Waals surface area (Å²) in [6, 6.07) is 8.65. The van der Waals surface area contributed by atoms with E-state index in [4.69, 9.17) is 16.3 Å². The number of sulfonamides is 1. The van der Waals surface area contributed by atoms with E-state index in [0.717, 1.165) is 24.8 Å². The van der Waals surface area contributed by atoms with Gasteiger partial charge >= 0.3 is 0 Å². The molecule has 0 radical (unpaired) electrons. The van der Waals surface area contributed by atoms with Crippen molar-refractivity contribution in [3.05, 3.63) is 47.5 Å². The second-order valence-electron chi connectivity index (χ2n) is 6.97. The molecule has 154 valence electrons. The number of hydrogen-bond donors (Lipinski definition) is 0. The van der Waals surface area contributed by atoms with Crippen LogP contribution in [0.3, 0.4) is 0 Å². The summed E-state index contributed by atoms with van der Waals surface area (Å²) >= 11 is 6.05. The molecule has 29 heavy (non-hydrogen) atoms. The lowest BCUT2D eigenvalue weighted by molar-refractivity contribution is 0.290. The van der Waals surface area contributed by atoms with Crippen LogP contribution in [0, 0.1) is 0 Å². The maximum atomic E-state index is 13.0. The third-order valence-corrected chi connectivity index (χ3v) is 7.33. The first-order valence-corrected chi connectivity index (χ1v) is 11.5. The number of nitrogens with zero attached hydrogens (tertiary/aromatic N) is 4. The Morgan fingerprint density at radius 1 is 1.17 bits per heavy atom. The molecule has 1 aliphatic heterocycles. The van der Waals surface area contributed by atoms with Gasteiger partial charge in [-0.3, -0.25) is 0 Å². The van der Waals surface area contributed by atoms with Crippen molar-refractivity contribution in [2.45, 2.75) is 44.2 Å². The molecule has 3 aromatic rings. The predicted octanol–water partition coefficient (Wildman–Crippen LogP) is 3.86. The van der Waals surface area contributed by atoms with Gasteiger partial charge in [0.15, 0.2) is 10.9 Å².